The smallest absolute Gasteiger partial charge is 0.101 e. The quantitative estimate of drug-likeness (QED) is 0.845. The van der Waals surface area contributed by atoms with E-state index >= 15 is 0 Å². The van der Waals surface area contributed by atoms with Crippen molar-refractivity contribution in [2.45, 2.75) is 6.42 Å². The Hall–Kier alpha value is -1.50. The fourth-order valence-corrected chi connectivity index (χ4v) is 2.61. The second-order valence-electron chi connectivity index (χ2n) is 4.03. The summed E-state index contributed by atoms with van der Waals surface area (Å²) in [7, 11) is 2.03. The Morgan fingerprint density at radius 2 is 2.22 bits per heavy atom. The van der Waals surface area contributed by atoms with Crippen LogP contribution in [0, 0.1) is 11.3 Å². The Kier molecular flexibility index (Phi) is 4.24. The number of rotatable bonds is 4. The van der Waals surface area contributed by atoms with Crippen LogP contribution in [0.4, 0.5) is 5.69 Å². The van der Waals surface area contributed by atoms with Crippen molar-refractivity contribution in [1.82, 2.24) is 0 Å². The molecule has 2 aromatic rings. The largest absolute Gasteiger partial charge is 0.374 e. The molecule has 0 amide bonds. The van der Waals surface area contributed by atoms with E-state index in [4.69, 9.17) is 16.9 Å². The van der Waals surface area contributed by atoms with Crippen LogP contribution in [0.15, 0.2) is 35.7 Å². The minimum Gasteiger partial charge on any atom is -0.374 e. The first-order valence-electron chi connectivity index (χ1n) is 5.64. The number of hydrogen-bond acceptors (Lipinski definition) is 3. The van der Waals surface area contributed by atoms with Crippen LogP contribution >= 0.6 is 22.9 Å². The lowest BCUT2D eigenvalue weighted by Crippen LogP contribution is -2.19. The number of likely N-dealkylation sites (N-methyl/N-ethyl adjacent to an activating group) is 1. The molecule has 0 saturated heterocycles. The Labute approximate surface area is 116 Å². The van der Waals surface area contributed by atoms with Crippen molar-refractivity contribution >= 4 is 28.6 Å². The van der Waals surface area contributed by atoms with Gasteiger partial charge in [-0.25, -0.2) is 0 Å². The van der Waals surface area contributed by atoms with Crippen molar-refractivity contribution in [1.29, 1.82) is 5.26 Å². The molecule has 1 aromatic carbocycles. The van der Waals surface area contributed by atoms with Crippen LogP contribution in [-0.4, -0.2) is 13.6 Å². The molecule has 0 radical (unpaired) electrons. The molecule has 4 heteroatoms. The predicted octanol–water partition coefficient (Wildman–Crippen LogP) is 3.95. The second kappa shape index (κ2) is 5.90. The van der Waals surface area contributed by atoms with Gasteiger partial charge in [0, 0.05) is 24.2 Å². The molecule has 0 saturated carbocycles. The molecule has 0 atom stereocenters. The Bertz CT molecular complexity index is 558. The molecular weight excluding hydrogens is 264 g/mol. The Morgan fingerprint density at radius 1 is 1.39 bits per heavy atom. The normalized spacial score (nSPS) is 10.1. The van der Waals surface area contributed by atoms with Gasteiger partial charge in [0.25, 0.3) is 0 Å². The molecule has 0 fully saturated rings. The molecule has 0 aliphatic heterocycles. The van der Waals surface area contributed by atoms with Crippen molar-refractivity contribution in [2.24, 2.45) is 0 Å². The number of hydrogen-bond donors (Lipinski definition) is 0. The molecule has 92 valence electrons. The fourth-order valence-electron chi connectivity index (χ4n) is 1.69. The summed E-state index contributed by atoms with van der Waals surface area (Å²) in [5.41, 5.74) is 1.56. The maximum absolute atomic E-state index is 8.83. The van der Waals surface area contributed by atoms with E-state index in [-0.39, 0.29) is 0 Å². The summed E-state index contributed by atoms with van der Waals surface area (Å²) < 4.78 is 0. The maximum Gasteiger partial charge on any atom is 0.101 e. The van der Waals surface area contributed by atoms with E-state index in [2.05, 4.69) is 28.5 Å². The number of thiophene rings is 1. The lowest BCUT2D eigenvalue weighted by Gasteiger charge is -2.19. The highest BCUT2D eigenvalue weighted by Crippen LogP contribution is 2.23. The van der Waals surface area contributed by atoms with Gasteiger partial charge in [-0.05, 0) is 36.1 Å². The van der Waals surface area contributed by atoms with Gasteiger partial charge in [-0.3, -0.25) is 0 Å². The minimum atomic E-state index is 0.512. The van der Waals surface area contributed by atoms with Crippen LogP contribution in [0.1, 0.15) is 10.4 Å². The summed E-state index contributed by atoms with van der Waals surface area (Å²) in [5, 5.41) is 11.4. The number of nitrogens with zero attached hydrogens (tertiary/aromatic N) is 2. The molecule has 1 aromatic heterocycles. The van der Waals surface area contributed by atoms with E-state index in [1.54, 1.807) is 17.4 Å². The van der Waals surface area contributed by atoms with E-state index < -0.39 is 0 Å². The summed E-state index contributed by atoms with van der Waals surface area (Å²) in [6.07, 6.45) is 1.02. The Balaban J connectivity index is 2.03. The van der Waals surface area contributed by atoms with Gasteiger partial charge in [0.15, 0.2) is 0 Å². The zero-order valence-corrected chi connectivity index (χ0v) is 11.6. The Morgan fingerprint density at radius 3 is 2.83 bits per heavy atom. The van der Waals surface area contributed by atoms with E-state index in [0.717, 1.165) is 18.7 Å². The van der Waals surface area contributed by atoms with Crippen LogP contribution < -0.4 is 4.90 Å². The molecule has 0 N–H and O–H groups in total. The first-order valence-corrected chi connectivity index (χ1v) is 6.89. The minimum absolute atomic E-state index is 0.512. The van der Waals surface area contributed by atoms with Gasteiger partial charge in [-0.2, -0.15) is 5.26 Å². The zero-order chi connectivity index (χ0) is 13.0. The zero-order valence-electron chi connectivity index (χ0n) is 10.1. The molecule has 0 aliphatic carbocycles. The van der Waals surface area contributed by atoms with Gasteiger partial charge in [0.05, 0.1) is 10.6 Å². The van der Waals surface area contributed by atoms with Crippen LogP contribution in [0.5, 0.6) is 0 Å². The van der Waals surface area contributed by atoms with E-state index in [1.807, 2.05) is 19.2 Å². The summed E-state index contributed by atoms with van der Waals surface area (Å²) in [6.45, 7) is 0.933. The van der Waals surface area contributed by atoms with Gasteiger partial charge in [0.1, 0.15) is 6.07 Å². The van der Waals surface area contributed by atoms with Crippen LogP contribution in [-0.2, 0) is 6.42 Å². The third-order valence-electron chi connectivity index (χ3n) is 2.79. The predicted molar refractivity (Wildman–Crippen MR) is 77.5 cm³/mol. The lowest BCUT2D eigenvalue weighted by molar-refractivity contribution is 0.887. The highest BCUT2D eigenvalue weighted by Gasteiger charge is 2.05. The monoisotopic (exact) mass is 276 g/mol. The van der Waals surface area contributed by atoms with Gasteiger partial charge in [-0.1, -0.05) is 17.7 Å². The highest BCUT2D eigenvalue weighted by molar-refractivity contribution is 7.09. The average molecular weight is 277 g/mol. The summed E-state index contributed by atoms with van der Waals surface area (Å²) in [6, 6.07) is 11.8. The number of halogens is 1. The standard InChI is InChI=1S/C14H13ClN2S/c1-17(7-6-13-3-2-8-18-13)12-5-4-11(10-16)14(15)9-12/h2-5,8-9H,6-7H2,1H3. The molecule has 0 unspecified atom stereocenters. The van der Waals surface area contributed by atoms with Crippen LogP contribution in [0.25, 0.3) is 0 Å². The van der Waals surface area contributed by atoms with Crippen molar-refractivity contribution in [2.75, 3.05) is 18.5 Å². The molecule has 2 nitrogen and oxygen atoms in total. The van der Waals surface area contributed by atoms with Gasteiger partial charge >= 0.3 is 0 Å². The summed E-state index contributed by atoms with van der Waals surface area (Å²) >= 11 is 7.80. The molecule has 18 heavy (non-hydrogen) atoms. The maximum atomic E-state index is 8.83. The lowest BCUT2D eigenvalue weighted by atomic mass is 10.2. The molecule has 0 bridgehead atoms. The van der Waals surface area contributed by atoms with Crippen molar-refractivity contribution in [3.05, 3.63) is 51.2 Å². The summed E-state index contributed by atoms with van der Waals surface area (Å²) in [4.78, 5) is 3.52. The molecule has 0 aliphatic rings. The third-order valence-corrected chi connectivity index (χ3v) is 4.04. The van der Waals surface area contributed by atoms with Crippen molar-refractivity contribution in [3.8, 4) is 6.07 Å². The van der Waals surface area contributed by atoms with E-state index in [0.29, 0.717) is 10.6 Å². The van der Waals surface area contributed by atoms with Gasteiger partial charge in [0.2, 0.25) is 0 Å². The van der Waals surface area contributed by atoms with Crippen molar-refractivity contribution in [3.63, 3.8) is 0 Å². The van der Waals surface area contributed by atoms with Gasteiger partial charge in [-0.15, -0.1) is 11.3 Å². The second-order valence-corrected chi connectivity index (χ2v) is 5.47. The van der Waals surface area contributed by atoms with E-state index in [9.17, 15) is 0 Å². The third kappa shape index (κ3) is 3.04. The molecule has 1 heterocycles. The fraction of sp³-hybridized carbons (Fsp3) is 0.214. The molecular formula is C14H13ClN2S. The topological polar surface area (TPSA) is 27.0 Å². The number of benzene rings is 1. The number of anilines is 1. The number of nitriles is 1. The van der Waals surface area contributed by atoms with Gasteiger partial charge < -0.3 is 4.90 Å². The average Bonchev–Trinajstić information content (AvgIpc) is 2.89. The van der Waals surface area contributed by atoms with Crippen LogP contribution in [0.2, 0.25) is 5.02 Å². The molecule has 2 rings (SSSR count). The van der Waals surface area contributed by atoms with E-state index in [1.165, 1.54) is 4.88 Å². The first kappa shape index (κ1) is 12.9. The highest BCUT2D eigenvalue weighted by atomic mass is 35.5. The van der Waals surface area contributed by atoms with Crippen LogP contribution in [0.3, 0.4) is 0 Å². The van der Waals surface area contributed by atoms with Crippen molar-refractivity contribution < 1.29 is 0 Å². The molecule has 0 spiro atoms. The summed E-state index contributed by atoms with van der Waals surface area (Å²) in [5.74, 6) is 0. The first-order chi connectivity index (χ1) is 8.70. The SMILES string of the molecule is CN(CCc1cccs1)c1ccc(C#N)c(Cl)c1.